The van der Waals surface area contributed by atoms with E-state index < -0.39 is 11.7 Å². The van der Waals surface area contributed by atoms with Crippen LogP contribution in [-0.4, -0.2) is 17.6 Å². The molecule has 0 unspecified atom stereocenters. The number of amides is 2. The largest absolute Gasteiger partial charge is 0.443 e. The molecule has 0 spiro atoms. The van der Waals surface area contributed by atoms with E-state index in [1.54, 1.807) is 20.8 Å². The second-order valence-electron chi connectivity index (χ2n) is 5.81. The lowest BCUT2D eigenvalue weighted by Gasteiger charge is -2.26. The van der Waals surface area contributed by atoms with Crippen LogP contribution in [0.5, 0.6) is 0 Å². The minimum absolute atomic E-state index is 0.351. The normalized spacial score (nSPS) is 11.1. The Morgan fingerprint density at radius 2 is 1.85 bits per heavy atom. The lowest BCUT2D eigenvalue weighted by molar-refractivity contribution is -0.116. The number of aryl methyl sites for hydroxylation is 2. The molecule has 2 amide bonds. The lowest BCUT2D eigenvalue weighted by Crippen LogP contribution is -2.40. The molecule has 0 saturated carbocycles. The molecule has 0 aromatic heterocycles. The maximum atomic E-state index is 12.2. The van der Waals surface area contributed by atoms with E-state index in [2.05, 4.69) is 0 Å². The highest BCUT2D eigenvalue weighted by Crippen LogP contribution is 2.24. The van der Waals surface area contributed by atoms with Crippen LogP contribution in [0.15, 0.2) is 18.2 Å². The van der Waals surface area contributed by atoms with Gasteiger partial charge in [0.25, 0.3) is 0 Å². The van der Waals surface area contributed by atoms with Crippen molar-refractivity contribution in [1.82, 2.24) is 0 Å². The molecule has 0 bridgehead atoms. The monoisotopic (exact) mass is 277 g/mol. The highest BCUT2D eigenvalue weighted by atomic mass is 16.6. The van der Waals surface area contributed by atoms with Gasteiger partial charge < -0.3 is 4.74 Å². The van der Waals surface area contributed by atoms with Crippen molar-refractivity contribution in [2.24, 2.45) is 0 Å². The number of ether oxygens (including phenoxy) is 1. The van der Waals surface area contributed by atoms with Gasteiger partial charge in [-0.1, -0.05) is 19.1 Å². The van der Waals surface area contributed by atoms with Crippen LogP contribution in [0.1, 0.15) is 45.7 Å². The fourth-order valence-corrected chi connectivity index (χ4v) is 1.82. The Kier molecular flexibility index (Phi) is 4.93. The maximum absolute atomic E-state index is 12.2. The van der Waals surface area contributed by atoms with Gasteiger partial charge >= 0.3 is 6.09 Å². The zero-order valence-electron chi connectivity index (χ0n) is 13.1. The first-order valence-electron chi connectivity index (χ1n) is 6.79. The highest BCUT2D eigenvalue weighted by molar-refractivity contribution is 6.11. The molecule has 4 heteroatoms. The second kappa shape index (κ2) is 6.07. The minimum Gasteiger partial charge on any atom is -0.443 e. The molecule has 0 heterocycles. The van der Waals surface area contributed by atoms with E-state index in [-0.39, 0.29) is 5.91 Å². The van der Waals surface area contributed by atoms with E-state index in [4.69, 9.17) is 4.74 Å². The summed E-state index contributed by atoms with van der Waals surface area (Å²) in [5, 5.41) is 0. The molecule has 0 radical (unpaired) electrons. The van der Waals surface area contributed by atoms with Gasteiger partial charge in [-0.25, -0.2) is 9.69 Å². The summed E-state index contributed by atoms with van der Waals surface area (Å²) in [6, 6.07) is 5.77. The van der Waals surface area contributed by atoms with Crippen LogP contribution >= 0.6 is 0 Å². The van der Waals surface area contributed by atoms with Crippen LogP contribution in [0, 0.1) is 6.92 Å². The number of benzene rings is 1. The van der Waals surface area contributed by atoms with Crippen LogP contribution in [0.3, 0.4) is 0 Å². The van der Waals surface area contributed by atoms with Crippen molar-refractivity contribution in [3.63, 3.8) is 0 Å². The zero-order valence-corrected chi connectivity index (χ0v) is 13.1. The second-order valence-corrected chi connectivity index (χ2v) is 5.81. The summed E-state index contributed by atoms with van der Waals surface area (Å²) in [6.07, 6.45) is 0.203. The topological polar surface area (TPSA) is 46.6 Å². The number of imide groups is 1. The van der Waals surface area contributed by atoms with Gasteiger partial charge in [-0.3, -0.25) is 4.79 Å². The van der Waals surface area contributed by atoms with Crippen molar-refractivity contribution in [3.05, 3.63) is 29.3 Å². The summed E-state index contributed by atoms with van der Waals surface area (Å²) >= 11 is 0. The molecule has 0 saturated heterocycles. The van der Waals surface area contributed by atoms with E-state index in [9.17, 15) is 9.59 Å². The molecule has 0 aliphatic rings. The Morgan fingerprint density at radius 1 is 1.25 bits per heavy atom. The summed E-state index contributed by atoms with van der Waals surface area (Å²) in [5.41, 5.74) is 1.89. The molecule has 1 aromatic rings. The minimum atomic E-state index is -0.638. The summed E-state index contributed by atoms with van der Waals surface area (Å²) in [7, 11) is 0. The molecule has 0 aliphatic carbocycles. The molecule has 1 rings (SSSR count). The van der Waals surface area contributed by atoms with E-state index in [0.717, 1.165) is 22.4 Å². The lowest BCUT2D eigenvalue weighted by atomic mass is 10.1. The standard InChI is InChI=1S/C16H23NO3/c1-7-13-9-8-11(2)14(10-13)17(12(3)18)15(19)20-16(4,5)6/h8-10H,7H2,1-6H3. The molecule has 0 atom stereocenters. The van der Waals surface area contributed by atoms with E-state index in [0.29, 0.717) is 5.69 Å². The van der Waals surface area contributed by atoms with E-state index >= 15 is 0 Å². The van der Waals surface area contributed by atoms with Crippen molar-refractivity contribution < 1.29 is 14.3 Å². The van der Waals surface area contributed by atoms with Gasteiger partial charge in [-0.15, -0.1) is 0 Å². The first kappa shape index (κ1) is 16.2. The Hall–Kier alpha value is -1.84. The average Bonchev–Trinajstić information content (AvgIpc) is 2.29. The van der Waals surface area contributed by atoms with Crippen LogP contribution < -0.4 is 4.90 Å². The van der Waals surface area contributed by atoms with Crippen molar-refractivity contribution in [1.29, 1.82) is 0 Å². The predicted octanol–water partition coefficient (Wildman–Crippen LogP) is 3.85. The Balaban J connectivity index is 3.21. The Morgan fingerprint density at radius 3 is 2.30 bits per heavy atom. The van der Waals surface area contributed by atoms with Crippen LogP contribution in [0.2, 0.25) is 0 Å². The molecular formula is C16H23NO3. The molecule has 0 aliphatic heterocycles. The summed E-state index contributed by atoms with van der Waals surface area (Å²) in [6.45, 7) is 10.6. The van der Waals surface area contributed by atoms with Crippen molar-refractivity contribution in [3.8, 4) is 0 Å². The van der Waals surface area contributed by atoms with Gasteiger partial charge in [-0.05, 0) is 51.3 Å². The van der Waals surface area contributed by atoms with Crippen LogP contribution in [-0.2, 0) is 16.0 Å². The number of hydrogen-bond donors (Lipinski definition) is 0. The fourth-order valence-electron chi connectivity index (χ4n) is 1.82. The zero-order chi connectivity index (χ0) is 15.5. The van der Waals surface area contributed by atoms with Gasteiger partial charge in [0.1, 0.15) is 5.60 Å². The molecule has 20 heavy (non-hydrogen) atoms. The third kappa shape index (κ3) is 4.08. The van der Waals surface area contributed by atoms with Gasteiger partial charge in [0.2, 0.25) is 5.91 Å². The predicted molar refractivity (Wildman–Crippen MR) is 80.0 cm³/mol. The molecule has 4 nitrogen and oxygen atoms in total. The quantitative estimate of drug-likeness (QED) is 0.825. The third-order valence-electron chi connectivity index (χ3n) is 2.81. The first-order chi connectivity index (χ1) is 9.15. The van der Waals surface area contributed by atoms with E-state index in [1.807, 2.05) is 32.0 Å². The van der Waals surface area contributed by atoms with Gasteiger partial charge in [-0.2, -0.15) is 0 Å². The Bertz CT molecular complexity index is 515. The number of rotatable bonds is 2. The van der Waals surface area contributed by atoms with Crippen LogP contribution in [0.4, 0.5) is 10.5 Å². The number of nitrogens with zero attached hydrogens (tertiary/aromatic N) is 1. The molecule has 110 valence electrons. The van der Waals surface area contributed by atoms with Gasteiger partial charge in [0.15, 0.2) is 0 Å². The smallest absolute Gasteiger partial charge is 0.421 e. The van der Waals surface area contributed by atoms with Gasteiger partial charge in [0, 0.05) is 6.92 Å². The van der Waals surface area contributed by atoms with Crippen molar-refractivity contribution in [2.45, 2.75) is 53.6 Å². The van der Waals surface area contributed by atoms with E-state index in [1.165, 1.54) is 6.92 Å². The summed E-state index contributed by atoms with van der Waals surface area (Å²) in [4.78, 5) is 25.2. The molecule has 0 N–H and O–H groups in total. The third-order valence-corrected chi connectivity index (χ3v) is 2.81. The summed E-state index contributed by atoms with van der Waals surface area (Å²) in [5.74, 6) is -0.351. The molecular weight excluding hydrogens is 254 g/mol. The number of hydrogen-bond acceptors (Lipinski definition) is 3. The number of carbonyl (C=O) groups is 2. The maximum Gasteiger partial charge on any atom is 0.421 e. The van der Waals surface area contributed by atoms with Crippen molar-refractivity contribution >= 4 is 17.7 Å². The SMILES string of the molecule is CCc1ccc(C)c(N(C(C)=O)C(=O)OC(C)(C)C)c1. The fraction of sp³-hybridized carbons (Fsp3) is 0.500. The number of carbonyl (C=O) groups excluding carboxylic acids is 2. The average molecular weight is 277 g/mol. The first-order valence-corrected chi connectivity index (χ1v) is 6.79. The molecule has 1 aromatic carbocycles. The van der Waals surface area contributed by atoms with Gasteiger partial charge in [0.05, 0.1) is 5.69 Å². The summed E-state index contributed by atoms with van der Waals surface area (Å²) < 4.78 is 5.31. The molecule has 0 fully saturated rings. The Labute approximate surface area is 120 Å². The highest BCUT2D eigenvalue weighted by Gasteiger charge is 2.27. The number of anilines is 1. The van der Waals surface area contributed by atoms with Crippen LogP contribution in [0.25, 0.3) is 0 Å². The van der Waals surface area contributed by atoms with Crippen molar-refractivity contribution in [2.75, 3.05) is 4.90 Å².